The molecule has 104 valence electrons. The smallest absolute Gasteiger partial charge is 0.210 e. The molecule has 1 fully saturated rings. The zero-order chi connectivity index (χ0) is 14.3. The first-order chi connectivity index (χ1) is 9.60. The third-order valence-electron chi connectivity index (χ3n) is 4.34. The summed E-state index contributed by atoms with van der Waals surface area (Å²) in [5, 5.41) is 9.88. The van der Waals surface area contributed by atoms with Crippen molar-refractivity contribution in [2.45, 2.75) is 25.8 Å². The second-order valence-electron chi connectivity index (χ2n) is 5.60. The number of benzene rings is 1. The molecule has 3 rings (SSSR count). The summed E-state index contributed by atoms with van der Waals surface area (Å²) in [4.78, 5) is 24.6. The highest BCUT2D eigenvalue weighted by atomic mass is 16.3. The van der Waals surface area contributed by atoms with Gasteiger partial charge in [0, 0.05) is 18.9 Å². The molecule has 1 saturated heterocycles. The number of likely N-dealkylation sites (tertiary alicyclic amines) is 1. The lowest BCUT2D eigenvalue weighted by Gasteiger charge is -2.26. The first-order valence-corrected chi connectivity index (χ1v) is 6.84. The van der Waals surface area contributed by atoms with Gasteiger partial charge in [-0.2, -0.15) is 0 Å². The number of aryl methyl sites for hydroxylation is 1. The van der Waals surface area contributed by atoms with E-state index in [1.807, 2.05) is 19.1 Å². The summed E-state index contributed by atoms with van der Waals surface area (Å²) < 4.78 is 0. The van der Waals surface area contributed by atoms with Gasteiger partial charge in [-0.25, -0.2) is 0 Å². The molecule has 1 N–H and O–H groups in total. The van der Waals surface area contributed by atoms with Gasteiger partial charge in [-0.05, 0) is 42.2 Å². The first kappa shape index (κ1) is 12.9. The number of allylic oxidation sites excluding steroid dienone is 1. The van der Waals surface area contributed by atoms with Crippen molar-refractivity contribution >= 4 is 12.2 Å². The lowest BCUT2D eigenvalue weighted by molar-refractivity contribution is -0.119. The third-order valence-corrected chi connectivity index (χ3v) is 4.34. The van der Waals surface area contributed by atoms with Crippen molar-refractivity contribution in [3.8, 4) is 5.75 Å². The van der Waals surface area contributed by atoms with Crippen LogP contribution in [0.5, 0.6) is 5.75 Å². The number of hydrogen-bond acceptors (Lipinski definition) is 3. The molecule has 0 aromatic heterocycles. The molecule has 0 unspecified atom stereocenters. The van der Waals surface area contributed by atoms with Gasteiger partial charge in [0.05, 0.1) is 6.04 Å². The fraction of sp³-hybridized carbons (Fsp3) is 0.375. The fourth-order valence-electron chi connectivity index (χ4n) is 3.27. The van der Waals surface area contributed by atoms with Gasteiger partial charge in [-0.1, -0.05) is 12.1 Å². The Labute approximate surface area is 117 Å². The van der Waals surface area contributed by atoms with E-state index in [4.69, 9.17) is 0 Å². The van der Waals surface area contributed by atoms with E-state index in [1.54, 1.807) is 17.0 Å². The topological polar surface area (TPSA) is 57.6 Å². The van der Waals surface area contributed by atoms with Gasteiger partial charge in [0.1, 0.15) is 5.75 Å². The third kappa shape index (κ3) is 2.01. The number of phenols is 1. The highest BCUT2D eigenvalue weighted by Gasteiger charge is 2.40. The van der Waals surface area contributed by atoms with Crippen LogP contribution < -0.4 is 0 Å². The lowest BCUT2D eigenvalue weighted by atomic mass is 9.82. The fourth-order valence-corrected chi connectivity index (χ4v) is 3.27. The van der Waals surface area contributed by atoms with Crippen LogP contribution in [0.3, 0.4) is 0 Å². The molecule has 0 radical (unpaired) electrons. The van der Waals surface area contributed by atoms with Gasteiger partial charge in [-0.15, -0.1) is 0 Å². The number of hydrogen-bond donors (Lipinski definition) is 1. The van der Waals surface area contributed by atoms with Crippen molar-refractivity contribution in [2.24, 2.45) is 5.92 Å². The highest BCUT2D eigenvalue weighted by Crippen LogP contribution is 2.44. The van der Waals surface area contributed by atoms with E-state index in [-0.39, 0.29) is 23.5 Å². The predicted octanol–water partition coefficient (Wildman–Crippen LogP) is 2.12. The number of fused-ring (bicyclic) bond motifs is 1. The molecule has 1 aliphatic heterocycles. The molecular formula is C16H17NO3. The van der Waals surface area contributed by atoms with Crippen LogP contribution in [-0.2, 0) is 9.59 Å². The number of ketones is 1. The Morgan fingerprint density at radius 2 is 2.20 bits per heavy atom. The number of amides is 1. The number of carbonyl (C=O) groups is 2. The van der Waals surface area contributed by atoms with E-state index in [1.165, 1.54) is 0 Å². The molecule has 0 saturated carbocycles. The Bertz CT molecular complexity index is 606. The van der Waals surface area contributed by atoms with Crippen LogP contribution in [0.15, 0.2) is 29.8 Å². The second-order valence-corrected chi connectivity index (χ2v) is 5.60. The van der Waals surface area contributed by atoms with Crippen molar-refractivity contribution < 1.29 is 14.7 Å². The Morgan fingerprint density at radius 3 is 2.90 bits per heavy atom. The predicted molar refractivity (Wildman–Crippen MR) is 74.2 cm³/mol. The molecule has 0 bridgehead atoms. The normalized spacial score (nSPS) is 25.4. The molecule has 1 aromatic carbocycles. The van der Waals surface area contributed by atoms with Crippen molar-refractivity contribution in [3.05, 3.63) is 41.0 Å². The van der Waals surface area contributed by atoms with E-state index in [9.17, 15) is 14.7 Å². The molecule has 1 aliphatic carbocycles. The minimum absolute atomic E-state index is 0.0710. The maximum absolute atomic E-state index is 11.5. The number of phenolic OH excluding ortho intramolecular Hbond substituents is 1. The van der Waals surface area contributed by atoms with E-state index in [0.717, 1.165) is 29.5 Å². The quantitative estimate of drug-likeness (QED) is 0.838. The largest absolute Gasteiger partial charge is 0.508 e. The summed E-state index contributed by atoms with van der Waals surface area (Å²) >= 11 is 0. The van der Waals surface area contributed by atoms with Crippen LogP contribution in [0.2, 0.25) is 0 Å². The molecule has 1 heterocycles. The van der Waals surface area contributed by atoms with Gasteiger partial charge in [0.25, 0.3) is 0 Å². The number of nitrogens with zero attached hydrogens (tertiary/aromatic N) is 1. The molecule has 2 atom stereocenters. The van der Waals surface area contributed by atoms with Gasteiger partial charge >= 0.3 is 0 Å². The maximum atomic E-state index is 11.5. The van der Waals surface area contributed by atoms with Gasteiger partial charge in [0.2, 0.25) is 6.41 Å². The molecule has 0 spiro atoms. The van der Waals surface area contributed by atoms with Crippen LogP contribution in [0, 0.1) is 12.8 Å². The summed E-state index contributed by atoms with van der Waals surface area (Å²) in [5.41, 5.74) is 2.79. The maximum Gasteiger partial charge on any atom is 0.210 e. The minimum Gasteiger partial charge on any atom is -0.508 e. The zero-order valence-electron chi connectivity index (χ0n) is 11.4. The molecular weight excluding hydrogens is 254 g/mol. The molecule has 4 heteroatoms. The summed E-state index contributed by atoms with van der Waals surface area (Å²) in [5.74, 6) is 0.590. The Balaban J connectivity index is 2.01. The number of rotatable bonds is 2. The molecule has 1 aromatic rings. The molecule has 20 heavy (non-hydrogen) atoms. The van der Waals surface area contributed by atoms with Gasteiger partial charge in [0.15, 0.2) is 5.78 Å². The SMILES string of the molecule is Cc1ccc([C@H]2[C@H]3CCC(=O)C=C3CN2C=O)cc1O. The first-order valence-electron chi connectivity index (χ1n) is 6.84. The standard InChI is InChI=1S/C16H17NO3/c1-10-2-3-11(7-15(10)20)16-14-5-4-13(19)6-12(14)8-17(16)9-18/h2-3,6-7,9,14,16,20H,4-5,8H2,1H3/t14-,16-/m0/s1. The highest BCUT2D eigenvalue weighted by molar-refractivity contribution is 5.91. The molecule has 1 amide bonds. The van der Waals surface area contributed by atoms with Crippen LogP contribution in [-0.4, -0.2) is 28.7 Å². The number of carbonyl (C=O) groups excluding carboxylic acids is 2. The average molecular weight is 271 g/mol. The summed E-state index contributed by atoms with van der Waals surface area (Å²) in [6.45, 7) is 2.36. The van der Waals surface area contributed by atoms with Crippen LogP contribution >= 0.6 is 0 Å². The van der Waals surface area contributed by atoms with Gasteiger partial charge in [-0.3, -0.25) is 9.59 Å². The molecule has 4 nitrogen and oxygen atoms in total. The summed E-state index contributed by atoms with van der Waals surface area (Å²) in [6, 6.07) is 5.48. The number of aromatic hydroxyl groups is 1. The monoisotopic (exact) mass is 271 g/mol. The van der Waals surface area contributed by atoms with Crippen molar-refractivity contribution in [1.82, 2.24) is 4.90 Å². The van der Waals surface area contributed by atoms with Crippen molar-refractivity contribution in [3.63, 3.8) is 0 Å². The van der Waals surface area contributed by atoms with Crippen molar-refractivity contribution in [2.75, 3.05) is 6.54 Å². The summed E-state index contributed by atoms with van der Waals surface area (Å²) in [7, 11) is 0. The van der Waals surface area contributed by atoms with Gasteiger partial charge < -0.3 is 10.0 Å². The summed E-state index contributed by atoms with van der Waals surface area (Å²) in [6.07, 6.45) is 3.84. The zero-order valence-corrected chi connectivity index (χ0v) is 11.4. The van der Waals surface area contributed by atoms with E-state index in [2.05, 4.69) is 0 Å². The Morgan fingerprint density at radius 1 is 1.40 bits per heavy atom. The van der Waals surface area contributed by atoms with E-state index >= 15 is 0 Å². The minimum atomic E-state index is -0.0710. The van der Waals surface area contributed by atoms with Crippen LogP contribution in [0.25, 0.3) is 0 Å². The lowest BCUT2D eigenvalue weighted by Crippen LogP contribution is -2.24. The average Bonchev–Trinajstić information content (AvgIpc) is 2.79. The Kier molecular flexibility index (Phi) is 3.08. The van der Waals surface area contributed by atoms with E-state index < -0.39 is 0 Å². The van der Waals surface area contributed by atoms with Crippen molar-refractivity contribution in [1.29, 1.82) is 0 Å². The van der Waals surface area contributed by atoms with E-state index in [0.29, 0.717) is 13.0 Å². The molecule has 2 aliphatic rings. The van der Waals surface area contributed by atoms with Crippen LogP contribution in [0.4, 0.5) is 0 Å². The Hall–Kier alpha value is -2.10. The second kappa shape index (κ2) is 4.78. The van der Waals surface area contributed by atoms with Crippen LogP contribution in [0.1, 0.15) is 30.0 Å².